The summed E-state index contributed by atoms with van der Waals surface area (Å²) in [5.74, 6) is 0.382. The second kappa shape index (κ2) is 7.88. The zero-order valence-electron chi connectivity index (χ0n) is 18.4. The quantitative estimate of drug-likeness (QED) is 0.782. The standard InChI is InChI=1S/C23H27BN2O4/c1-14(13-27)11-19-20(15(2)12-25)28-21(26-19)17-9-8-10-18(16(17)3)24-29-22(4,5)23(6,7)30-24/h8-11,27H,1,13H2,2-7H3/b19-11+,20-15-. The Labute approximate surface area is 177 Å². The second-order valence-electron chi connectivity index (χ2n) is 8.54. The molecule has 0 aliphatic carbocycles. The molecule has 0 atom stereocenters. The highest BCUT2D eigenvalue weighted by atomic mass is 16.7. The maximum Gasteiger partial charge on any atom is 0.495 e. The number of oxazole rings is 1. The first-order chi connectivity index (χ1) is 14.0. The SMILES string of the molecule is C=C(/C=c1/nc(-c2cccc(B3OC(C)(C)C(C)(C)O3)c2C)o/c1=C(/C)C#N)CO. The fraction of sp³-hybridized carbons (Fsp3) is 0.391. The summed E-state index contributed by atoms with van der Waals surface area (Å²) in [5.41, 5.74) is 2.95. The van der Waals surface area contributed by atoms with Crippen molar-refractivity contribution in [3.8, 4) is 17.5 Å². The normalized spacial score (nSPS) is 19.0. The van der Waals surface area contributed by atoms with E-state index in [0.717, 1.165) is 16.6 Å². The second-order valence-corrected chi connectivity index (χ2v) is 8.54. The van der Waals surface area contributed by atoms with Gasteiger partial charge in [-0.2, -0.15) is 5.26 Å². The predicted molar refractivity (Wildman–Crippen MR) is 117 cm³/mol. The number of hydrogen-bond acceptors (Lipinski definition) is 6. The van der Waals surface area contributed by atoms with E-state index in [-0.39, 0.29) is 6.61 Å². The van der Waals surface area contributed by atoms with Crippen LogP contribution in [0.2, 0.25) is 0 Å². The van der Waals surface area contributed by atoms with Gasteiger partial charge < -0.3 is 18.8 Å². The lowest BCUT2D eigenvalue weighted by atomic mass is 9.75. The largest absolute Gasteiger partial charge is 0.495 e. The molecule has 2 heterocycles. The van der Waals surface area contributed by atoms with Gasteiger partial charge in [-0.05, 0) is 70.3 Å². The zero-order chi connectivity index (χ0) is 22.3. The molecule has 1 aliphatic rings. The first-order valence-electron chi connectivity index (χ1n) is 9.84. The van der Waals surface area contributed by atoms with Crippen LogP contribution in [0.5, 0.6) is 0 Å². The average molecular weight is 406 g/mol. The Morgan fingerprint density at radius 1 is 1.27 bits per heavy atom. The van der Waals surface area contributed by atoms with E-state index in [0.29, 0.717) is 27.8 Å². The summed E-state index contributed by atoms with van der Waals surface area (Å²) in [4.78, 5) is 4.58. The highest BCUT2D eigenvalue weighted by Crippen LogP contribution is 2.37. The minimum atomic E-state index is -0.503. The molecule has 30 heavy (non-hydrogen) atoms. The molecule has 7 heteroatoms. The predicted octanol–water partition coefficient (Wildman–Crippen LogP) is 1.97. The summed E-state index contributed by atoms with van der Waals surface area (Å²) in [5, 5.41) is 19.1. The van der Waals surface area contributed by atoms with E-state index in [2.05, 4.69) is 17.6 Å². The molecule has 0 spiro atoms. The van der Waals surface area contributed by atoms with Crippen molar-refractivity contribution < 1.29 is 18.8 Å². The topological polar surface area (TPSA) is 88.5 Å². The van der Waals surface area contributed by atoms with Gasteiger partial charge in [0.25, 0.3) is 0 Å². The molecule has 0 amide bonds. The van der Waals surface area contributed by atoms with Crippen molar-refractivity contribution in [2.45, 2.75) is 52.7 Å². The maximum absolute atomic E-state index is 9.33. The summed E-state index contributed by atoms with van der Waals surface area (Å²) in [6.07, 6.45) is 1.62. The van der Waals surface area contributed by atoms with Gasteiger partial charge in [0.15, 0.2) is 5.42 Å². The molecule has 0 unspecified atom stereocenters. The number of nitrogens with zero attached hydrogens (tertiary/aromatic N) is 2. The Morgan fingerprint density at radius 3 is 2.47 bits per heavy atom. The van der Waals surface area contributed by atoms with Crippen molar-refractivity contribution in [2.75, 3.05) is 6.61 Å². The van der Waals surface area contributed by atoms with Crippen LogP contribution in [0.4, 0.5) is 0 Å². The molecule has 0 saturated carbocycles. The van der Waals surface area contributed by atoms with E-state index in [1.807, 2.05) is 52.8 Å². The highest BCUT2D eigenvalue weighted by Gasteiger charge is 2.52. The van der Waals surface area contributed by atoms with E-state index >= 15 is 0 Å². The Balaban J connectivity index is 2.14. The van der Waals surface area contributed by atoms with E-state index < -0.39 is 18.3 Å². The fourth-order valence-electron chi connectivity index (χ4n) is 3.21. The molecule has 156 valence electrons. The van der Waals surface area contributed by atoms with Gasteiger partial charge in [0, 0.05) is 5.56 Å². The summed E-state index contributed by atoms with van der Waals surface area (Å²) in [6.45, 7) is 15.3. The first kappa shape index (κ1) is 22.0. The van der Waals surface area contributed by atoms with Gasteiger partial charge in [-0.1, -0.05) is 18.7 Å². The fourth-order valence-corrected chi connectivity index (χ4v) is 3.21. The Bertz CT molecular complexity index is 1140. The molecule has 1 saturated heterocycles. The van der Waals surface area contributed by atoms with Crippen LogP contribution in [0.3, 0.4) is 0 Å². The molecule has 1 fully saturated rings. The molecule has 0 radical (unpaired) electrons. The third-order valence-electron chi connectivity index (χ3n) is 5.82. The minimum absolute atomic E-state index is 0.205. The number of aliphatic hydroxyl groups excluding tert-OH is 1. The first-order valence-corrected chi connectivity index (χ1v) is 9.84. The molecule has 2 aromatic rings. The molecular weight excluding hydrogens is 379 g/mol. The van der Waals surface area contributed by atoms with Crippen molar-refractivity contribution in [3.63, 3.8) is 0 Å². The van der Waals surface area contributed by atoms with Crippen LogP contribution in [0.15, 0.2) is 34.8 Å². The highest BCUT2D eigenvalue weighted by molar-refractivity contribution is 6.62. The van der Waals surface area contributed by atoms with Gasteiger partial charge in [0.2, 0.25) is 5.89 Å². The zero-order valence-corrected chi connectivity index (χ0v) is 18.4. The molecule has 6 nitrogen and oxygen atoms in total. The van der Waals surface area contributed by atoms with E-state index in [1.54, 1.807) is 13.0 Å². The van der Waals surface area contributed by atoms with Gasteiger partial charge in [0.1, 0.15) is 5.35 Å². The lowest BCUT2D eigenvalue weighted by molar-refractivity contribution is 0.00578. The van der Waals surface area contributed by atoms with E-state index in [1.165, 1.54) is 0 Å². The van der Waals surface area contributed by atoms with Gasteiger partial charge in [-0.3, -0.25) is 0 Å². The number of nitriles is 1. The molecule has 1 aromatic heterocycles. The summed E-state index contributed by atoms with van der Waals surface area (Å²) in [6, 6.07) is 7.88. The van der Waals surface area contributed by atoms with Crippen molar-refractivity contribution in [1.82, 2.24) is 4.98 Å². The van der Waals surface area contributed by atoms with Crippen molar-refractivity contribution in [1.29, 1.82) is 5.26 Å². The number of hydrogen-bond donors (Lipinski definition) is 1. The Kier molecular flexibility index (Phi) is 5.79. The minimum Gasteiger partial charge on any atom is -0.435 e. The van der Waals surface area contributed by atoms with Gasteiger partial charge in [-0.15, -0.1) is 0 Å². The Hall–Kier alpha value is -2.66. The smallest absolute Gasteiger partial charge is 0.435 e. The third-order valence-corrected chi connectivity index (χ3v) is 5.82. The van der Waals surface area contributed by atoms with Crippen LogP contribution < -0.4 is 16.2 Å². The maximum atomic E-state index is 9.33. The monoisotopic (exact) mass is 406 g/mol. The van der Waals surface area contributed by atoms with Crippen molar-refractivity contribution >= 4 is 24.2 Å². The van der Waals surface area contributed by atoms with E-state index in [4.69, 9.17) is 13.7 Å². The van der Waals surface area contributed by atoms with Crippen molar-refractivity contribution in [2.24, 2.45) is 0 Å². The van der Waals surface area contributed by atoms with Gasteiger partial charge in [-0.25, -0.2) is 4.98 Å². The lowest BCUT2D eigenvalue weighted by Crippen LogP contribution is -2.41. The molecule has 3 rings (SSSR count). The van der Waals surface area contributed by atoms with Crippen LogP contribution in [0.1, 0.15) is 40.2 Å². The summed E-state index contributed by atoms with van der Waals surface area (Å²) < 4.78 is 18.4. The number of rotatable bonds is 4. The van der Waals surface area contributed by atoms with Gasteiger partial charge >= 0.3 is 7.12 Å². The van der Waals surface area contributed by atoms with Crippen LogP contribution >= 0.6 is 0 Å². The summed E-state index contributed by atoms with van der Waals surface area (Å²) >= 11 is 0. The lowest BCUT2D eigenvalue weighted by Gasteiger charge is -2.32. The van der Waals surface area contributed by atoms with Crippen LogP contribution in [-0.4, -0.2) is 35.0 Å². The summed E-state index contributed by atoms with van der Waals surface area (Å²) in [7, 11) is -0.503. The number of aliphatic hydroxyl groups is 1. The molecule has 0 bridgehead atoms. The van der Waals surface area contributed by atoms with E-state index in [9.17, 15) is 10.4 Å². The number of aromatic nitrogens is 1. The molecule has 1 aliphatic heterocycles. The number of benzene rings is 1. The van der Waals surface area contributed by atoms with Crippen molar-refractivity contribution in [3.05, 3.63) is 46.7 Å². The molecule has 1 N–H and O–H groups in total. The Morgan fingerprint density at radius 2 is 1.90 bits per heavy atom. The molecular formula is C23H27BN2O4. The van der Waals surface area contributed by atoms with Gasteiger partial charge in [0.05, 0.1) is 29.5 Å². The van der Waals surface area contributed by atoms with Crippen LogP contribution in [0.25, 0.3) is 23.1 Å². The van der Waals surface area contributed by atoms with Crippen LogP contribution in [-0.2, 0) is 9.31 Å². The average Bonchev–Trinajstić information content (AvgIpc) is 3.18. The third kappa shape index (κ3) is 3.86. The molecule has 1 aromatic carbocycles. The van der Waals surface area contributed by atoms with Crippen LogP contribution in [0, 0.1) is 18.3 Å².